The van der Waals surface area contributed by atoms with Crippen LogP contribution in [0.5, 0.6) is 11.5 Å². The van der Waals surface area contributed by atoms with E-state index in [9.17, 15) is 15.0 Å². The second-order valence-corrected chi connectivity index (χ2v) is 5.18. The highest BCUT2D eigenvalue weighted by atomic mass is 16.5. The van der Waals surface area contributed by atoms with Crippen molar-refractivity contribution >= 4 is 12.0 Å². The van der Waals surface area contributed by atoms with E-state index in [0.717, 1.165) is 5.69 Å². The van der Waals surface area contributed by atoms with E-state index in [1.54, 1.807) is 16.9 Å². The second-order valence-electron chi connectivity index (χ2n) is 5.18. The van der Waals surface area contributed by atoms with E-state index >= 15 is 0 Å². The van der Waals surface area contributed by atoms with Crippen LogP contribution < -0.4 is 0 Å². The van der Waals surface area contributed by atoms with E-state index in [1.165, 1.54) is 24.3 Å². The van der Waals surface area contributed by atoms with E-state index in [4.69, 9.17) is 4.74 Å². The third-order valence-electron chi connectivity index (χ3n) is 3.34. The molecule has 7 heteroatoms. The Hall–Kier alpha value is -3.61. The predicted molar refractivity (Wildman–Crippen MR) is 90.0 cm³/mol. The number of benzene rings is 2. The Bertz CT molecular complexity index is 904. The molecule has 0 aliphatic rings. The summed E-state index contributed by atoms with van der Waals surface area (Å²) < 4.78 is 6.69. The molecular formula is C18H15N3O4. The number of hydrogen-bond donors (Lipinski definition) is 2. The molecule has 0 radical (unpaired) electrons. The standard InChI is InChI=1S/C18H15N3O4/c22-16-8-6-13(10-17(16)23)7-9-18(24)25-12-14-11-21(20-19-14)15-4-2-1-3-5-15/h1-11,22-23H,12H2/b9-7+. The average Bonchev–Trinajstić information content (AvgIpc) is 3.11. The second kappa shape index (κ2) is 7.31. The number of ether oxygens (including phenoxy) is 1. The van der Waals surface area contributed by atoms with Crippen molar-refractivity contribution in [1.29, 1.82) is 0 Å². The number of esters is 1. The van der Waals surface area contributed by atoms with Gasteiger partial charge in [-0.25, -0.2) is 9.48 Å². The maximum Gasteiger partial charge on any atom is 0.331 e. The monoisotopic (exact) mass is 337 g/mol. The number of nitrogens with zero attached hydrogens (tertiary/aromatic N) is 3. The number of rotatable bonds is 5. The first kappa shape index (κ1) is 16.3. The normalized spacial score (nSPS) is 10.9. The third-order valence-corrected chi connectivity index (χ3v) is 3.34. The van der Waals surface area contributed by atoms with Gasteiger partial charge in [-0.05, 0) is 35.9 Å². The van der Waals surface area contributed by atoms with Gasteiger partial charge in [-0.2, -0.15) is 0 Å². The molecule has 3 rings (SSSR count). The molecule has 0 fully saturated rings. The summed E-state index contributed by atoms with van der Waals surface area (Å²) in [6.07, 6.45) is 4.39. The fourth-order valence-electron chi connectivity index (χ4n) is 2.07. The smallest absolute Gasteiger partial charge is 0.331 e. The summed E-state index contributed by atoms with van der Waals surface area (Å²) in [5.74, 6) is -1.03. The zero-order valence-corrected chi connectivity index (χ0v) is 13.1. The summed E-state index contributed by atoms with van der Waals surface area (Å²) in [5.41, 5.74) is 1.94. The van der Waals surface area contributed by atoms with Gasteiger partial charge in [0.15, 0.2) is 11.5 Å². The van der Waals surface area contributed by atoms with Gasteiger partial charge in [0.1, 0.15) is 12.3 Å². The Labute approximate surface area is 143 Å². The molecule has 0 aliphatic carbocycles. The fraction of sp³-hybridized carbons (Fsp3) is 0.0556. The van der Waals surface area contributed by atoms with Crippen molar-refractivity contribution in [2.75, 3.05) is 0 Å². The summed E-state index contributed by atoms with van der Waals surface area (Å²) in [6, 6.07) is 13.7. The molecule has 0 saturated heterocycles. The molecule has 126 valence electrons. The Morgan fingerprint density at radius 1 is 1.12 bits per heavy atom. The van der Waals surface area contributed by atoms with Crippen LogP contribution in [0.25, 0.3) is 11.8 Å². The highest BCUT2D eigenvalue weighted by molar-refractivity contribution is 5.87. The number of carbonyl (C=O) groups is 1. The van der Waals surface area contributed by atoms with Crippen LogP contribution in [0.15, 0.2) is 60.8 Å². The van der Waals surface area contributed by atoms with Crippen molar-refractivity contribution in [2.45, 2.75) is 6.61 Å². The summed E-state index contributed by atoms with van der Waals surface area (Å²) in [7, 11) is 0. The Morgan fingerprint density at radius 2 is 1.92 bits per heavy atom. The fourth-order valence-corrected chi connectivity index (χ4v) is 2.07. The first-order valence-electron chi connectivity index (χ1n) is 7.45. The van der Waals surface area contributed by atoms with Crippen molar-refractivity contribution < 1.29 is 19.7 Å². The number of aromatic hydroxyl groups is 2. The van der Waals surface area contributed by atoms with E-state index in [2.05, 4.69) is 10.3 Å². The lowest BCUT2D eigenvalue weighted by Gasteiger charge is -2.00. The molecule has 1 aromatic heterocycles. The van der Waals surface area contributed by atoms with Crippen LogP contribution in [0, 0.1) is 0 Å². The molecule has 0 amide bonds. The highest BCUT2D eigenvalue weighted by Gasteiger charge is 2.05. The van der Waals surface area contributed by atoms with Gasteiger partial charge in [0.05, 0.1) is 11.9 Å². The molecule has 0 unspecified atom stereocenters. The van der Waals surface area contributed by atoms with Gasteiger partial charge in [-0.3, -0.25) is 0 Å². The summed E-state index contributed by atoms with van der Waals surface area (Å²) in [6.45, 7) is -0.00314. The van der Waals surface area contributed by atoms with Crippen LogP contribution in [0.2, 0.25) is 0 Å². The van der Waals surface area contributed by atoms with Gasteiger partial charge < -0.3 is 14.9 Å². The molecule has 0 aliphatic heterocycles. The van der Waals surface area contributed by atoms with E-state index in [0.29, 0.717) is 11.3 Å². The van der Waals surface area contributed by atoms with Crippen molar-refractivity contribution in [2.24, 2.45) is 0 Å². The molecule has 0 saturated carbocycles. The topological polar surface area (TPSA) is 97.5 Å². The van der Waals surface area contributed by atoms with Gasteiger partial charge in [0, 0.05) is 6.08 Å². The quantitative estimate of drug-likeness (QED) is 0.422. The lowest BCUT2D eigenvalue weighted by Crippen LogP contribution is -2.01. The molecule has 0 atom stereocenters. The van der Waals surface area contributed by atoms with E-state index in [-0.39, 0.29) is 18.1 Å². The maximum absolute atomic E-state index is 11.7. The first-order valence-corrected chi connectivity index (χ1v) is 7.45. The minimum absolute atomic E-state index is 0.00314. The molecule has 2 aromatic carbocycles. The van der Waals surface area contributed by atoms with Crippen LogP contribution in [-0.4, -0.2) is 31.2 Å². The van der Waals surface area contributed by atoms with Gasteiger partial charge in [-0.1, -0.05) is 29.5 Å². The lowest BCUT2D eigenvalue weighted by atomic mass is 10.2. The van der Waals surface area contributed by atoms with Crippen LogP contribution in [0.1, 0.15) is 11.3 Å². The number of carbonyl (C=O) groups excluding carboxylic acids is 1. The zero-order chi connectivity index (χ0) is 17.6. The average molecular weight is 337 g/mol. The maximum atomic E-state index is 11.7. The van der Waals surface area contributed by atoms with Crippen LogP contribution in [-0.2, 0) is 16.1 Å². The molecule has 3 aromatic rings. The number of phenols is 2. The largest absolute Gasteiger partial charge is 0.504 e. The summed E-state index contributed by atoms with van der Waals surface area (Å²) in [5, 5.41) is 26.6. The van der Waals surface area contributed by atoms with Gasteiger partial charge in [0.25, 0.3) is 0 Å². The summed E-state index contributed by atoms with van der Waals surface area (Å²) >= 11 is 0. The van der Waals surface area contributed by atoms with Crippen LogP contribution >= 0.6 is 0 Å². The van der Waals surface area contributed by atoms with Crippen LogP contribution in [0.4, 0.5) is 0 Å². The molecule has 0 bridgehead atoms. The number of aromatic nitrogens is 3. The van der Waals surface area contributed by atoms with Crippen molar-refractivity contribution in [3.8, 4) is 17.2 Å². The van der Waals surface area contributed by atoms with Gasteiger partial charge in [-0.15, -0.1) is 5.10 Å². The Morgan fingerprint density at radius 3 is 2.68 bits per heavy atom. The minimum atomic E-state index is -0.554. The van der Waals surface area contributed by atoms with Crippen molar-refractivity contribution in [3.63, 3.8) is 0 Å². The Kier molecular flexibility index (Phi) is 4.75. The van der Waals surface area contributed by atoms with Crippen molar-refractivity contribution in [1.82, 2.24) is 15.0 Å². The molecule has 1 heterocycles. The SMILES string of the molecule is O=C(/C=C/c1ccc(O)c(O)c1)OCc1cn(-c2ccccc2)nn1. The molecular weight excluding hydrogens is 322 g/mol. The predicted octanol–water partition coefficient (Wildman–Crippen LogP) is 2.44. The number of phenolic OH excluding ortho intramolecular Hbond substituents is 2. The number of para-hydroxylation sites is 1. The van der Waals surface area contributed by atoms with Gasteiger partial charge >= 0.3 is 5.97 Å². The van der Waals surface area contributed by atoms with E-state index in [1.807, 2.05) is 30.3 Å². The molecule has 25 heavy (non-hydrogen) atoms. The van der Waals surface area contributed by atoms with Crippen molar-refractivity contribution in [3.05, 3.63) is 72.1 Å². The Balaban J connectivity index is 1.56. The molecule has 0 spiro atoms. The highest BCUT2D eigenvalue weighted by Crippen LogP contribution is 2.25. The summed E-state index contributed by atoms with van der Waals surface area (Å²) in [4.78, 5) is 11.7. The van der Waals surface area contributed by atoms with Crippen LogP contribution in [0.3, 0.4) is 0 Å². The van der Waals surface area contributed by atoms with E-state index < -0.39 is 5.97 Å². The first-order chi connectivity index (χ1) is 12.1. The zero-order valence-electron chi connectivity index (χ0n) is 13.1. The third kappa shape index (κ3) is 4.23. The minimum Gasteiger partial charge on any atom is -0.504 e. The molecule has 2 N–H and O–H groups in total. The number of hydrogen-bond acceptors (Lipinski definition) is 6. The molecule has 7 nitrogen and oxygen atoms in total. The van der Waals surface area contributed by atoms with Gasteiger partial charge in [0.2, 0.25) is 0 Å². The lowest BCUT2D eigenvalue weighted by molar-refractivity contribution is -0.139.